The number of nitrogens with zero attached hydrogens (tertiary/aromatic N) is 2. The highest BCUT2D eigenvalue weighted by atomic mass is 16.5. The minimum atomic E-state index is -0.508. The van der Waals surface area contributed by atoms with Crippen LogP contribution < -0.4 is 5.56 Å². The number of carbonyl (C=O) groups is 1. The van der Waals surface area contributed by atoms with Gasteiger partial charge in [-0.05, 0) is 35.7 Å². The van der Waals surface area contributed by atoms with E-state index in [2.05, 4.69) is 6.07 Å². The second kappa shape index (κ2) is 6.21. The fourth-order valence-electron chi connectivity index (χ4n) is 3.65. The van der Waals surface area contributed by atoms with E-state index in [1.165, 1.54) is 13.0 Å². The summed E-state index contributed by atoms with van der Waals surface area (Å²) < 4.78 is 7.27. The smallest absolute Gasteiger partial charge is 0.303 e. The Bertz CT molecular complexity index is 921. The first-order valence-corrected chi connectivity index (χ1v) is 8.21. The van der Waals surface area contributed by atoms with Gasteiger partial charge in [0.05, 0.1) is 17.7 Å². The minimum absolute atomic E-state index is 0.171. The van der Waals surface area contributed by atoms with Crippen LogP contribution in [0.2, 0.25) is 0 Å². The first kappa shape index (κ1) is 17.0. The molecule has 0 fully saturated rings. The average molecular weight is 336 g/mol. The van der Waals surface area contributed by atoms with Crippen LogP contribution in [0.3, 0.4) is 0 Å². The summed E-state index contributed by atoms with van der Waals surface area (Å²) in [5.41, 5.74) is 1.92. The van der Waals surface area contributed by atoms with Crippen molar-refractivity contribution in [1.29, 1.82) is 5.26 Å². The third-order valence-corrected chi connectivity index (χ3v) is 4.74. The van der Waals surface area contributed by atoms with E-state index in [-0.39, 0.29) is 16.9 Å². The van der Waals surface area contributed by atoms with Crippen molar-refractivity contribution in [3.63, 3.8) is 0 Å². The van der Waals surface area contributed by atoms with Crippen molar-refractivity contribution in [3.8, 4) is 6.07 Å². The number of ether oxygens (including phenoxy) is 1. The molecule has 0 radical (unpaired) electrons. The summed E-state index contributed by atoms with van der Waals surface area (Å²) in [4.78, 5) is 24.2. The molecule has 25 heavy (non-hydrogen) atoms. The molecule has 0 amide bonds. The van der Waals surface area contributed by atoms with E-state index in [1.807, 2.05) is 19.9 Å². The molecule has 0 N–H and O–H groups in total. The third-order valence-electron chi connectivity index (χ3n) is 4.74. The van der Waals surface area contributed by atoms with E-state index in [1.54, 1.807) is 35.0 Å². The highest BCUT2D eigenvalue weighted by Gasteiger charge is 2.45. The van der Waals surface area contributed by atoms with Crippen molar-refractivity contribution in [3.05, 3.63) is 69.6 Å². The molecule has 2 unspecified atom stereocenters. The average Bonchev–Trinajstić information content (AvgIpc) is 2.55. The zero-order chi connectivity index (χ0) is 18.2. The van der Waals surface area contributed by atoms with E-state index in [0.717, 1.165) is 11.1 Å². The van der Waals surface area contributed by atoms with Crippen molar-refractivity contribution >= 4 is 5.97 Å². The van der Waals surface area contributed by atoms with Crippen LogP contribution in [-0.2, 0) is 16.0 Å². The second-order valence-corrected chi connectivity index (χ2v) is 7.11. The lowest BCUT2D eigenvalue weighted by Crippen LogP contribution is -2.48. The van der Waals surface area contributed by atoms with Crippen molar-refractivity contribution in [1.82, 2.24) is 4.57 Å². The first-order chi connectivity index (χ1) is 11.8. The van der Waals surface area contributed by atoms with Gasteiger partial charge in [0.15, 0.2) is 0 Å². The van der Waals surface area contributed by atoms with Crippen LogP contribution in [0.5, 0.6) is 0 Å². The number of pyridine rings is 1. The molecule has 3 rings (SSSR count). The van der Waals surface area contributed by atoms with Crippen molar-refractivity contribution in [2.75, 3.05) is 0 Å². The Balaban J connectivity index is 2.28. The quantitative estimate of drug-likeness (QED) is 0.791. The molecule has 1 aromatic carbocycles. The largest absolute Gasteiger partial charge is 0.459 e. The van der Waals surface area contributed by atoms with Crippen LogP contribution >= 0.6 is 0 Å². The lowest BCUT2D eigenvalue weighted by molar-refractivity contribution is -0.156. The number of benzene rings is 1. The highest BCUT2D eigenvalue weighted by Crippen LogP contribution is 2.44. The Kier molecular flexibility index (Phi) is 4.22. The van der Waals surface area contributed by atoms with Crippen LogP contribution in [0.4, 0.5) is 0 Å². The van der Waals surface area contributed by atoms with Gasteiger partial charge in [-0.2, -0.15) is 5.26 Å². The summed E-state index contributed by atoms with van der Waals surface area (Å²) in [6, 6.07) is 12.1. The summed E-state index contributed by atoms with van der Waals surface area (Å²) in [7, 11) is 0. The maximum absolute atomic E-state index is 12.5. The minimum Gasteiger partial charge on any atom is -0.459 e. The van der Waals surface area contributed by atoms with E-state index < -0.39 is 12.1 Å². The summed E-state index contributed by atoms with van der Waals surface area (Å²) in [5, 5.41) is 9.26. The number of rotatable bonds is 2. The molecule has 128 valence electrons. The predicted molar refractivity (Wildman–Crippen MR) is 93.0 cm³/mol. The van der Waals surface area contributed by atoms with Gasteiger partial charge >= 0.3 is 5.97 Å². The second-order valence-electron chi connectivity index (χ2n) is 7.11. The van der Waals surface area contributed by atoms with Gasteiger partial charge in [0.25, 0.3) is 5.56 Å². The summed E-state index contributed by atoms with van der Waals surface area (Å²) in [6.07, 6.45) is 1.89. The molecule has 2 aromatic rings. The maximum atomic E-state index is 12.5. The fraction of sp³-hybridized carbons (Fsp3) is 0.350. The summed E-state index contributed by atoms with van der Waals surface area (Å²) >= 11 is 0. The van der Waals surface area contributed by atoms with Crippen molar-refractivity contribution < 1.29 is 9.53 Å². The summed E-state index contributed by atoms with van der Waals surface area (Å²) in [6.45, 7) is 5.44. The summed E-state index contributed by atoms with van der Waals surface area (Å²) in [5.74, 6) is -0.382. The molecule has 1 heterocycles. The monoisotopic (exact) mass is 336 g/mol. The van der Waals surface area contributed by atoms with E-state index >= 15 is 0 Å². The molecule has 0 saturated heterocycles. The maximum Gasteiger partial charge on any atom is 0.303 e. The number of hydrogen-bond acceptors (Lipinski definition) is 4. The lowest BCUT2D eigenvalue weighted by atomic mass is 9.69. The lowest BCUT2D eigenvalue weighted by Gasteiger charge is -2.44. The number of fused-ring (bicyclic) bond motifs is 1. The molecule has 1 aliphatic rings. The van der Waals surface area contributed by atoms with Gasteiger partial charge in [-0.25, -0.2) is 0 Å². The first-order valence-electron chi connectivity index (χ1n) is 8.21. The number of nitriles is 1. The van der Waals surface area contributed by atoms with Gasteiger partial charge in [-0.3, -0.25) is 9.59 Å². The van der Waals surface area contributed by atoms with E-state index in [9.17, 15) is 14.9 Å². The zero-order valence-electron chi connectivity index (χ0n) is 14.5. The Morgan fingerprint density at radius 1 is 1.32 bits per heavy atom. The molecule has 0 bridgehead atoms. The Labute approximate surface area is 146 Å². The Morgan fingerprint density at radius 3 is 2.72 bits per heavy atom. The van der Waals surface area contributed by atoms with Gasteiger partial charge in [-0.1, -0.05) is 26.0 Å². The molecular weight excluding hydrogens is 316 g/mol. The zero-order valence-corrected chi connectivity index (χ0v) is 14.5. The molecule has 0 aliphatic heterocycles. The van der Waals surface area contributed by atoms with Gasteiger partial charge in [0.2, 0.25) is 0 Å². The number of carbonyl (C=O) groups excluding carboxylic acids is 1. The van der Waals surface area contributed by atoms with Crippen LogP contribution in [-0.4, -0.2) is 16.6 Å². The molecule has 1 aliphatic carbocycles. The predicted octanol–water partition coefficient (Wildman–Crippen LogP) is 2.82. The molecule has 5 nitrogen and oxygen atoms in total. The van der Waals surface area contributed by atoms with Gasteiger partial charge in [0.1, 0.15) is 6.10 Å². The van der Waals surface area contributed by atoms with Crippen LogP contribution in [0.25, 0.3) is 0 Å². The van der Waals surface area contributed by atoms with Gasteiger partial charge in [0, 0.05) is 24.6 Å². The van der Waals surface area contributed by atoms with Crippen LogP contribution in [0.15, 0.2) is 47.4 Å². The van der Waals surface area contributed by atoms with Gasteiger partial charge < -0.3 is 9.30 Å². The number of esters is 1. The van der Waals surface area contributed by atoms with Crippen LogP contribution in [0.1, 0.15) is 43.5 Å². The van der Waals surface area contributed by atoms with E-state index in [0.29, 0.717) is 12.0 Å². The Hall–Kier alpha value is -2.87. The van der Waals surface area contributed by atoms with Crippen molar-refractivity contribution in [2.24, 2.45) is 5.41 Å². The Morgan fingerprint density at radius 2 is 2.08 bits per heavy atom. The molecule has 5 heteroatoms. The number of aromatic nitrogens is 1. The molecule has 1 aromatic heterocycles. The van der Waals surface area contributed by atoms with E-state index in [4.69, 9.17) is 4.74 Å². The molecule has 2 atom stereocenters. The third kappa shape index (κ3) is 3.08. The normalized spacial score (nSPS) is 21.0. The molecule has 0 saturated carbocycles. The number of hydrogen-bond donors (Lipinski definition) is 0. The topological polar surface area (TPSA) is 72.1 Å². The van der Waals surface area contributed by atoms with Crippen molar-refractivity contribution in [2.45, 2.75) is 39.3 Å². The SMILES string of the molecule is CC(=O)OC1C(n2ccccc2=O)c2cc(C#N)ccc2CC1(C)C. The van der Waals surface area contributed by atoms with Crippen LogP contribution in [0, 0.1) is 16.7 Å². The molecular formula is C20H20N2O3. The highest BCUT2D eigenvalue weighted by molar-refractivity contribution is 5.66. The standard InChI is InChI=1S/C20H20N2O3/c1-13(23)25-19-18(22-9-5-4-6-17(22)24)16-10-14(12-21)7-8-15(16)11-20(19,2)3/h4-10,18-19H,11H2,1-3H3. The fourth-order valence-corrected chi connectivity index (χ4v) is 3.65. The molecule has 0 spiro atoms. The van der Waals surface area contributed by atoms with Gasteiger partial charge in [-0.15, -0.1) is 0 Å².